The van der Waals surface area contributed by atoms with Crippen LogP contribution in [0.1, 0.15) is 44.2 Å². The molecule has 1 aliphatic heterocycles. The first-order chi connectivity index (χ1) is 12.9. The third-order valence-electron chi connectivity index (χ3n) is 6.68. The van der Waals surface area contributed by atoms with Crippen LogP contribution in [0.2, 0.25) is 0 Å². The molecule has 8 heteroatoms. The number of H-pyrrole nitrogens is 1. The molecule has 2 aliphatic carbocycles. The van der Waals surface area contributed by atoms with Crippen LogP contribution in [0.5, 0.6) is 0 Å². The predicted octanol–water partition coefficient (Wildman–Crippen LogP) is 1.15. The van der Waals surface area contributed by atoms with E-state index in [1.807, 2.05) is 11.9 Å². The lowest BCUT2D eigenvalue weighted by atomic mass is 9.65. The number of hydrogen-bond donors (Lipinski definition) is 3. The van der Waals surface area contributed by atoms with E-state index < -0.39 is 0 Å². The van der Waals surface area contributed by atoms with Crippen molar-refractivity contribution in [3.8, 4) is 0 Å². The van der Waals surface area contributed by atoms with Gasteiger partial charge in [0.2, 0.25) is 5.95 Å². The van der Waals surface area contributed by atoms with E-state index in [2.05, 4.69) is 20.2 Å². The number of hydrogen-bond acceptors (Lipinski definition) is 5. The summed E-state index contributed by atoms with van der Waals surface area (Å²) in [5.74, 6) is 0.983. The van der Waals surface area contributed by atoms with Crippen molar-refractivity contribution in [2.45, 2.75) is 51.1 Å². The Kier molecular flexibility index (Phi) is 4.84. The van der Waals surface area contributed by atoms with Crippen molar-refractivity contribution in [2.24, 2.45) is 11.3 Å². The summed E-state index contributed by atoms with van der Waals surface area (Å²) in [6.07, 6.45) is 7.46. The maximum atomic E-state index is 12.6. The fourth-order valence-electron chi connectivity index (χ4n) is 4.70. The summed E-state index contributed by atoms with van der Waals surface area (Å²) < 4.78 is 0. The van der Waals surface area contributed by atoms with Gasteiger partial charge in [-0.1, -0.05) is 6.42 Å². The summed E-state index contributed by atoms with van der Waals surface area (Å²) >= 11 is 0. The zero-order chi connectivity index (χ0) is 19.0. The first-order valence-corrected chi connectivity index (χ1v) is 10.0. The second-order valence-electron chi connectivity index (χ2n) is 8.57. The van der Waals surface area contributed by atoms with Crippen LogP contribution in [0, 0.1) is 11.3 Å². The molecule has 1 aromatic heterocycles. The molecule has 1 aromatic rings. The van der Waals surface area contributed by atoms with Crippen LogP contribution >= 0.6 is 0 Å². The minimum atomic E-state index is -0.237. The highest BCUT2D eigenvalue weighted by Gasteiger charge is 2.49. The van der Waals surface area contributed by atoms with Gasteiger partial charge in [-0.3, -0.25) is 14.7 Å². The number of carbonyl (C=O) groups is 1. The smallest absolute Gasteiger partial charge is 0.317 e. The summed E-state index contributed by atoms with van der Waals surface area (Å²) in [5.41, 5.74) is 6.43. The van der Waals surface area contributed by atoms with Crippen LogP contribution in [0.15, 0.2) is 10.9 Å². The molecule has 0 radical (unpaired) electrons. The lowest BCUT2D eigenvalue weighted by Gasteiger charge is -2.43. The highest BCUT2D eigenvalue weighted by atomic mass is 16.2. The number of aromatic amines is 1. The van der Waals surface area contributed by atoms with Gasteiger partial charge in [0.25, 0.3) is 5.56 Å². The SMILES string of the molecule is CN(Cc1cc(=O)[nH]c(N)n1)[C@H]1CCN(C(=O)NCC2(C3CC3)CCC2)C1. The van der Waals surface area contributed by atoms with Gasteiger partial charge in [-0.25, -0.2) is 9.78 Å². The van der Waals surface area contributed by atoms with Gasteiger partial charge in [0.05, 0.1) is 5.69 Å². The first-order valence-electron chi connectivity index (χ1n) is 10.0. The van der Waals surface area contributed by atoms with Gasteiger partial charge in [-0.05, 0) is 50.5 Å². The van der Waals surface area contributed by atoms with Crippen molar-refractivity contribution >= 4 is 12.0 Å². The van der Waals surface area contributed by atoms with Gasteiger partial charge >= 0.3 is 6.03 Å². The average molecular weight is 374 g/mol. The number of likely N-dealkylation sites (N-methyl/N-ethyl adjacent to an activating group) is 1. The normalized spacial score (nSPS) is 24.1. The van der Waals surface area contributed by atoms with Gasteiger partial charge in [0.1, 0.15) is 0 Å². The Morgan fingerprint density at radius 3 is 2.85 bits per heavy atom. The third kappa shape index (κ3) is 3.95. The monoisotopic (exact) mass is 374 g/mol. The molecule has 3 fully saturated rings. The number of nitrogens with two attached hydrogens (primary N) is 1. The number of nitrogens with one attached hydrogen (secondary N) is 2. The Labute approximate surface area is 159 Å². The van der Waals surface area contributed by atoms with Crippen LogP contribution in [-0.2, 0) is 6.54 Å². The predicted molar refractivity (Wildman–Crippen MR) is 103 cm³/mol. The van der Waals surface area contributed by atoms with Crippen molar-refractivity contribution in [3.63, 3.8) is 0 Å². The summed E-state index contributed by atoms with van der Waals surface area (Å²) in [5, 5.41) is 3.21. The molecule has 1 saturated heterocycles. The minimum Gasteiger partial charge on any atom is -0.369 e. The van der Waals surface area contributed by atoms with E-state index in [1.54, 1.807) is 0 Å². The van der Waals surface area contributed by atoms with E-state index >= 15 is 0 Å². The number of likely N-dealkylation sites (tertiary alicyclic amines) is 1. The molecule has 1 atom stereocenters. The molecule has 27 heavy (non-hydrogen) atoms. The largest absolute Gasteiger partial charge is 0.369 e. The number of nitrogens with zero attached hydrogens (tertiary/aromatic N) is 3. The van der Waals surface area contributed by atoms with E-state index in [9.17, 15) is 9.59 Å². The van der Waals surface area contributed by atoms with Gasteiger partial charge in [-0.15, -0.1) is 0 Å². The maximum Gasteiger partial charge on any atom is 0.317 e. The van der Waals surface area contributed by atoms with Gasteiger partial charge in [0, 0.05) is 38.3 Å². The van der Waals surface area contributed by atoms with Gasteiger partial charge < -0.3 is 16.0 Å². The average Bonchev–Trinajstić information content (AvgIpc) is 3.28. The third-order valence-corrected chi connectivity index (χ3v) is 6.68. The topological polar surface area (TPSA) is 107 Å². The van der Waals surface area contributed by atoms with Crippen LogP contribution < -0.4 is 16.6 Å². The molecular formula is C19H30N6O2. The number of rotatable bonds is 6. The number of amides is 2. The molecule has 2 heterocycles. The molecule has 2 saturated carbocycles. The lowest BCUT2D eigenvalue weighted by molar-refractivity contribution is 0.0984. The van der Waals surface area contributed by atoms with Gasteiger partial charge in [-0.2, -0.15) is 0 Å². The molecule has 8 nitrogen and oxygen atoms in total. The molecular weight excluding hydrogens is 344 g/mol. The zero-order valence-corrected chi connectivity index (χ0v) is 16.0. The van der Waals surface area contributed by atoms with E-state index in [4.69, 9.17) is 5.73 Å². The Morgan fingerprint density at radius 1 is 1.44 bits per heavy atom. The highest BCUT2D eigenvalue weighted by Crippen LogP contribution is 2.56. The van der Waals surface area contributed by atoms with Crippen molar-refractivity contribution in [2.75, 3.05) is 32.4 Å². The second-order valence-corrected chi connectivity index (χ2v) is 8.57. The summed E-state index contributed by atoms with van der Waals surface area (Å²) in [6, 6.07) is 1.80. The second kappa shape index (κ2) is 7.14. The van der Waals surface area contributed by atoms with Gasteiger partial charge in [0.15, 0.2) is 0 Å². The first kappa shape index (κ1) is 18.3. The summed E-state index contributed by atoms with van der Waals surface area (Å²) in [4.78, 5) is 34.8. The van der Waals surface area contributed by atoms with E-state index in [0.29, 0.717) is 24.2 Å². The Balaban J connectivity index is 1.27. The Morgan fingerprint density at radius 2 is 2.22 bits per heavy atom. The number of carbonyl (C=O) groups excluding carboxylic acids is 1. The van der Waals surface area contributed by atoms with Crippen LogP contribution in [0.25, 0.3) is 0 Å². The molecule has 3 aliphatic rings. The maximum absolute atomic E-state index is 12.6. The number of nitrogen functional groups attached to an aromatic ring is 1. The van der Waals surface area contributed by atoms with Crippen molar-refractivity contribution in [3.05, 3.63) is 22.1 Å². The molecule has 0 unspecified atom stereocenters. The van der Waals surface area contributed by atoms with Crippen LogP contribution in [0.3, 0.4) is 0 Å². The highest BCUT2D eigenvalue weighted by molar-refractivity contribution is 5.74. The molecule has 2 amide bonds. The molecule has 148 valence electrons. The molecule has 0 aromatic carbocycles. The van der Waals surface area contributed by atoms with E-state index in [1.165, 1.54) is 38.2 Å². The number of anilines is 1. The standard InChI is InChI=1S/C19H30N6O2/c1-24(10-14-9-16(26)23-17(20)22-14)15-5-8-25(11-15)18(27)21-12-19(6-2-7-19)13-3-4-13/h9,13,15H,2-8,10-12H2,1H3,(H,21,27)(H3,20,22,23,26)/t15-/m0/s1. The van der Waals surface area contributed by atoms with E-state index in [-0.39, 0.29) is 23.6 Å². The quantitative estimate of drug-likeness (QED) is 0.692. The fraction of sp³-hybridized carbons (Fsp3) is 0.737. The van der Waals surface area contributed by atoms with Crippen LogP contribution in [-0.4, -0.2) is 58.5 Å². The molecule has 4 rings (SSSR count). The summed E-state index contributed by atoms with van der Waals surface area (Å²) in [7, 11) is 2.00. The summed E-state index contributed by atoms with van der Waals surface area (Å²) in [6.45, 7) is 2.85. The Hall–Kier alpha value is -2.09. The van der Waals surface area contributed by atoms with Crippen molar-refractivity contribution in [1.29, 1.82) is 0 Å². The fourth-order valence-corrected chi connectivity index (χ4v) is 4.70. The molecule has 0 bridgehead atoms. The van der Waals surface area contributed by atoms with Crippen molar-refractivity contribution in [1.82, 2.24) is 25.1 Å². The Bertz CT molecular complexity index is 755. The minimum absolute atomic E-state index is 0.0661. The van der Waals surface area contributed by atoms with E-state index in [0.717, 1.165) is 25.4 Å². The molecule has 0 spiro atoms. The number of aromatic nitrogens is 2. The van der Waals surface area contributed by atoms with Crippen molar-refractivity contribution < 1.29 is 4.79 Å². The zero-order valence-electron chi connectivity index (χ0n) is 16.0. The molecule has 4 N–H and O–H groups in total. The van der Waals surface area contributed by atoms with Crippen LogP contribution in [0.4, 0.5) is 10.7 Å². The number of urea groups is 1. The lowest BCUT2D eigenvalue weighted by Crippen LogP contribution is -2.48.